The third-order valence-corrected chi connectivity index (χ3v) is 2.84. The topological polar surface area (TPSA) is 50.7 Å². The van der Waals surface area contributed by atoms with Gasteiger partial charge in [0.15, 0.2) is 0 Å². The Labute approximate surface area is 80.6 Å². The molecule has 0 radical (unpaired) electrons. The molecule has 2 aromatic rings. The lowest BCUT2D eigenvalue weighted by Gasteiger charge is -1.92. The summed E-state index contributed by atoms with van der Waals surface area (Å²) in [4.78, 5) is 11.5. The van der Waals surface area contributed by atoms with Crippen molar-refractivity contribution >= 4 is 10.9 Å². The summed E-state index contributed by atoms with van der Waals surface area (Å²) in [6.45, 7) is 0. The number of rotatable bonds is 1. The summed E-state index contributed by atoms with van der Waals surface area (Å²) in [5.74, 6) is 0.655. The molecule has 1 aliphatic carbocycles. The Hall–Kier alpha value is -1.58. The van der Waals surface area contributed by atoms with Crippen molar-refractivity contribution in [3.05, 3.63) is 28.3 Å². The van der Waals surface area contributed by atoms with Gasteiger partial charge in [0.05, 0.1) is 6.20 Å². The fourth-order valence-electron chi connectivity index (χ4n) is 2.02. The summed E-state index contributed by atoms with van der Waals surface area (Å²) < 4.78 is 1.89. The molecule has 2 heterocycles. The van der Waals surface area contributed by atoms with E-state index < -0.39 is 0 Å². The fraction of sp³-hybridized carbons (Fsp3) is 0.400. The van der Waals surface area contributed by atoms with Gasteiger partial charge in [-0.3, -0.25) is 4.79 Å². The Balaban J connectivity index is 2.43. The average Bonchev–Trinajstić information content (AvgIpc) is 2.93. The molecule has 1 fully saturated rings. The largest absolute Gasteiger partial charge is 0.346 e. The van der Waals surface area contributed by atoms with Crippen LogP contribution in [0.15, 0.2) is 17.2 Å². The summed E-state index contributed by atoms with van der Waals surface area (Å²) in [6, 6.07) is 0. The van der Waals surface area contributed by atoms with Gasteiger partial charge in [-0.15, -0.1) is 0 Å². The van der Waals surface area contributed by atoms with Gasteiger partial charge < -0.3 is 4.57 Å². The summed E-state index contributed by atoms with van der Waals surface area (Å²) in [5, 5.41) is 7.32. The molecule has 0 amide bonds. The first-order valence-electron chi connectivity index (χ1n) is 4.80. The zero-order valence-corrected chi connectivity index (χ0v) is 7.95. The molecule has 14 heavy (non-hydrogen) atoms. The standard InChI is InChI=1S/C10H11N3O/c1-13-5-8(6-2-3-6)7-4-11-12-10(14)9(7)13/h4-6H,2-3H2,1H3,(H,12,14). The van der Waals surface area contributed by atoms with Crippen LogP contribution in [0.25, 0.3) is 10.9 Å². The SMILES string of the molecule is Cn1cc(C2CC2)c2cn[nH]c(=O)c21. The second-order valence-corrected chi connectivity index (χ2v) is 3.93. The number of H-pyrrole nitrogens is 1. The smallest absolute Gasteiger partial charge is 0.288 e. The number of hydrogen-bond donors (Lipinski definition) is 1. The highest BCUT2D eigenvalue weighted by atomic mass is 16.1. The van der Waals surface area contributed by atoms with E-state index in [-0.39, 0.29) is 5.56 Å². The second-order valence-electron chi connectivity index (χ2n) is 3.93. The zero-order valence-electron chi connectivity index (χ0n) is 7.95. The predicted molar refractivity (Wildman–Crippen MR) is 53.3 cm³/mol. The van der Waals surface area contributed by atoms with E-state index in [4.69, 9.17) is 0 Å². The van der Waals surface area contributed by atoms with Gasteiger partial charge in [0.25, 0.3) is 5.56 Å². The Morgan fingerprint density at radius 1 is 1.57 bits per heavy atom. The van der Waals surface area contributed by atoms with Crippen LogP contribution in [0, 0.1) is 0 Å². The third-order valence-electron chi connectivity index (χ3n) is 2.84. The molecule has 0 bridgehead atoms. The molecule has 1 saturated carbocycles. The minimum Gasteiger partial charge on any atom is -0.346 e. The Morgan fingerprint density at radius 3 is 3.07 bits per heavy atom. The molecule has 0 unspecified atom stereocenters. The Bertz CT molecular complexity index is 548. The van der Waals surface area contributed by atoms with Crippen molar-refractivity contribution in [2.75, 3.05) is 0 Å². The monoisotopic (exact) mass is 189 g/mol. The lowest BCUT2D eigenvalue weighted by Crippen LogP contribution is -2.09. The minimum atomic E-state index is -0.100. The summed E-state index contributed by atoms with van der Waals surface area (Å²) in [7, 11) is 1.91. The molecule has 0 atom stereocenters. The van der Waals surface area contributed by atoms with E-state index in [0.717, 1.165) is 10.9 Å². The van der Waals surface area contributed by atoms with Crippen LogP contribution in [-0.2, 0) is 7.05 Å². The molecular weight excluding hydrogens is 178 g/mol. The first kappa shape index (κ1) is 7.79. The zero-order chi connectivity index (χ0) is 9.71. The van der Waals surface area contributed by atoms with Crippen LogP contribution in [-0.4, -0.2) is 14.8 Å². The number of nitrogens with one attached hydrogen (secondary N) is 1. The predicted octanol–water partition coefficient (Wildman–Crippen LogP) is 1.14. The molecule has 72 valence electrons. The molecule has 1 aliphatic rings. The molecule has 0 saturated heterocycles. The van der Waals surface area contributed by atoms with Crippen LogP contribution in [0.1, 0.15) is 24.3 Å². The molecule has 0 aromatic carbocycles. The van der Waals surface area contributed by atoms with Crippen LogP contribution >= 0.6 is 0 Å². The summed E-state index contributed by atoms with van der Waals surface area (Å²) >= 11 is 0. The van der Waals surface area contributed by atoms with E-state index in [1.165, 1.54) is 18.4 Å². The number of aryl methyl sites for hydroxylation is 1. The lowest BCUT2D eigenvalue weighted by molar-refractivity contribution is 0.928. The van der Waals surface area contributed by atoms with Crippen LogP contribution in [0.5, 0.6) is 0 Å². The Kier molecular flexibility index (Phi) is 1.37. The molecular formula is C10H11N3O. The first-order valence-corrected chi connectivity index (χ1v) is 4.80. The lowest BCUT2D eigenvalue weighted by atomic mass is 10.1. The normalized spacial score (nSPS) is 16.4. The Morgan fingerprint density at radius 2 is 2.36 bits per heavy atom. The van der Waals surface area contributed by atoms with Crippen molar-refractivity contribution in [2.24, 2.45) is 7.05 Å². The van der Waals surface area contributed by atoms with Gasteiger partial charge in [-0.05, 0) is 24.3 Å². The number of aromatic amines is 1. The van der Waals surface area contributed by atoms with Crippen LogP contribution in [0.2, 0.25) is 0 Å². The fourth-order valence-corrected chi connectivity index (χ4v) is 2.02. The number of hydrogen-bond acceptors (Lipinski definition) is 2. The number of fused-ring (bicyclic) bond motifs is 1. The first-order chi connectivity index (χ1) is 6.77. The van der Waals surface area contributed by atoms with Gasteiger partial charge >= 0.3 is 0 Å². The quantitative estimate of drug-likeness (QED) is 0.731. The molecule has 4 nitrogen and oxygen atoms in total. The highest BCUT2D eigenvalue weighted by molar-refractivity contribution is 5.83. The summed E-state index contributed by atoms with van der Waals surface area (Å²) in [5.41, 5.74) is 1.92. The maximum absolute atomic E-state index is 11.5. The van der Waals surface area contributed by atoms with E-state index in [0.29, 0.717) is 5.92 Å². The highest BCUT2D eigenvalue weighted by Crippen LogP contribution is 2.42. The molecule has 4 heteroatoms. The molecule has 2 aromatic heterocycles. The maximum atomic E-state index is 11.5. The van der Waals surface area contributed by atoms with Crippen molar-refractivity contribution in [1.29, 1.82) is 0 Å². The van der Waals surface area contributed by atoms with E-state index in [2.05, 4.69) is 16.4 Å². The van der Waals surface area contributed by atoms with Crippen molar-refractivity contribution in [3.8, 4) is 0 Å². The van der Waals surface area contributed by atoms with Crippen molar-refractivity contribution in [1.82, 2.24) is 14.8 Å². The highest BCUT2D eigenvalue weighted by Gasteiger charge is 2.27. The van der Waals surface area contributed by atoms with Crippen LogP contribution in [0.3, 0.4) is 0 Å². The van der Waals surface area contributed by atoms with Gasteiger partial charge in [-0.25, -0.2) is 5.10 Å². The van der Waals surface area contributed by atoms with Gasteiger partial charge in [-0.1, -0.05) is 0 Å². The van der Waals surface area contributed by atoms with Gasteiger partial charge in [0, 0.05) is 18.6 Å². The van der Waals surface area contributed by atoms with Crippen molar-refractivity contribution in [3.63, 3.8) is 0 Å². The van der Waals surface area contributed by atoms with Crippen LogP contribution < -0.4 is 5.56 Å². The molecule has 3 rings (SSSR count). The van der Waals surface area contributed by atoms with Gasteiger partial charge in [0.1, 0.15) is 5.52 Å². The van der Waals surface area contributed by atoms with Crippen LogP contribution in [0.4, 0.5) is 0 Å². The van der Waals surface area contributed by atoms with Crippen molar-refractivity contribution in [2.45, 2.75) is 18.8 Å². The maximum Gasteiger partial charge on any atom is 0.288 e. The van der Waals surface area contributed by atoms with Gasteiger partial charge in [-0.2, -0.15) is 5.10 Å². The summed E-state index contributed by atoms with van der Waals surface area (Å²) in [6.07, 6.45) is 6.29. The van der Waals surface area contributed by atoms with E-state index >= 15 is 0 Å². The number of aromatic nitrogens is 3. The second kappa shape index (κ2) is 2.47. The third kappa shape index (κ3) is 0.937. The van der Waals surface area contributed by atoms with E-state index in [1.807, 2.05) is 11.6 Å². The molecule has 0 spiro atoms. The number of nitrogens with zero attached hydrogens (tertiary/aromatic N) is 2. The van der Waals surface area contributed by atoms with E-state index in [1.54, 1.807) is 6.20 Å². The minimum absolute atomic E-state index is 0.100. The molecule has 0 aliphatic heterocycles. The average molecular weight is 189 g/mol. The van der Waals surface area contributed by atoms with Gasteiger partial charge in [0.2, 0.25) is 0 Å². The van der Waals surface area contributed by atoms with Crippen molar-refractivity contribution < 1.29 is 0 Å². The van der Waals surface area contributed by atoms with E-state index in [9.17, 15) is 4.79 Å². The molecule has 1 N–H and O–H groups in total.